The Morgan fingerprint density at radius 1 is 1.26 bits per heavy atom. The molecule has 1 amide bonds. The van der Waals surface area contributed by atoms with E-state index in [1.165, 1.54) is 0 Å². The van der Waals surface area contributed by atoms with Crippen LogP contribution in [0.3, 0.4) is 0 Å². The Labute approximate surface area is 170 Å². The average molecular weight is 407 g/mol. The van der Waals surface area contributed by atoms with E-state index < -0.39 is 5.41 Å². The molecule has 1 aliphatic rings. The maximum absolute atomic E-state index is 13.3. The number of aryl methyl sites for hydroxylation is 1. The van der Waals surface area contributed by atoms with E-state index in [9.17, 15) is 4.79 Å². The Morgan fingerprint density at radius 2 is 2.00 bits per heavy atom. The Hall–Kier alpha value is -1.78. The predicted octanol–water partition coefficient (Wildman–Crippen LogP) is 5.94. The molecule has 4 nitrogen and oxygen atoms in total. The first kappa shape index (κ1) is 20.0. The number of anilines is 1. The van der Waals surface area contributed by atoms with E-state index >= 15 is 0 Å². The zero-order chi connectivity index (χ0) is 19.4. The van der Waals surface area contributed by atoms with Gasteiger partial charge in [0, 0.05) is 15.6 Å². The fourth-order valence-corrected chi connectivity index (χ4v) is 4.30. The van der Waals surface area contributed by atoms with Gasteiger partial charge in [0.15, 0.2) is 0 Å². The van der Waals surface area contributed by atoms with Crippen LogP contribution in [0.5, 0.6) is 5.88 Å². The highest BCUT2D eigenvalue weighted by molar-refractivity contribution is 6.35. The highest BCUT2D eigenvalue weighted by Crippen LogP contribution is 2.45. The lowest BCUT2D eigenvalue weighted by Crippen LogP contribution is -2.38. The second-order valence-corrected chi connectivity index (χ2v) is 7.91. The van der Waals surface area contributed by atoms with Crippen molar-refractivity contribution >= 4 is 34.8 Å². The van der Waals surface area contributed by atoms with Gasteiger partial charge < -0.3 is 10.1 Å². The Balaban J connectivity index is 1.85. The molecule has 3 rings (SSSR count). The van der Waals surface area contributed by atoms with Crippen LogP contribution in [0.4, 0.5) is 5.69 Å². The summed E-state index contributed by atoms with van der Waals surface area (Å²) in [5.74, 6) is 0.554. The third-order valence-electron chi connectivity index (χ3n) is 5.07. The molecule has 144 valence electrons. The van der Waals surface area contributed by atoms with Gasteiger partial charge in [-0.25, -0.2) is 4.98 Å². The van der Waals surface area contributed by atoms with Crippen molar-refractivity contribution in [1.82, 2.24) is 4.98 Å². The SMILES string of the molecule is CCCOc1ncc(NC(=O)C2(c3ccc(Cl)cc3Cl)CCCC2)cc1C. The number of amides is 1. The molecule has 27 heavy (non-hydrogen) atoms. The molecule has 1 aromatic heterocycles. The van der Waals surface area contributed by atoms with Crippen molar-refractivity contribution in [2.24, 2.45) is 0 Å². The molecule has 1 fully saturated rings. The Morgan fingerprint density at radius 3 is 2.63 bits per heavy atom. The van der Waals surface area contributed by atoms with Crippen LogP contribution in [-0.2, 0) is 10.2 Å². The van der Waals surface area contributed by atoms with Gasteiger partial charge in [-0.2, -0.15) is 0 Å². The molecule has 0 unspecified atom stereocenters. The van der Waals surface area contributed by atoms with Crippen LogP contribution in [0.1, 0.15) is 50.2 Å². The topological polar surface area (TPSA) is 51.2 Å². The number of hydrogen-bond acceptors (Lipinski definition) is 3. The standard InChI is InChI=1S/C21H24Cl2N2O2/c1-3-10-27-19-14(2)11-16(13-24-19)25-20(26)21(8-4-5-9-21)17-7-6-15(22)12-18(17)23/h6-7,11-13H,3-5,8-10H2,1-2H3,(H,25,26). The number of rotatable bonds is 6. The normalized spacial score (nSPS) is 15.6. The van der Waals surface area contributed by atoms with Crippen molar-refractivity contribution in [2.45, 2.75) is 51.4 Å². The summed E-state index contributed by atoms with van der Waals surface area (Å²) < 4.78 is 5.61. The average Bonchev–Trinajstić information content (AvgIpc) is 3.12. The minimum absolute atomic E-state index is 0.0485. The van der Waals surface area contributed by atoms with E-state index in [1.807, 2.05) is 26.0 Å². The number of carbonyl (C=O) groups excluding carboxylic acids is 1. The van der Waals surface area contributed by atoms with Crippen LogP contribution in [-0.4, -0.2) is 17.5 Å². The van der Waals surface area contributed by atoms with Crippen molar-refractivity contribution < 1.29 is 9.53 Å². The van der Waals surface area contributed by atoms with Crippen molar-refractivity contribution in [1.29, 1.82) is 0 Å². The lowest BCUT2D eigenvalue weighted by Gasteiger charge is -2.29. The highest BCUT2D eigenvalue weighted by atomic mass is 35.5. The summed E-state index contributed by atoms with van der Waals surface area (Å²) >= 11 is 12.5. The van der Waals surface area contributed by atoms with E-state index in [0.717, 1.165) is 43.2 Å². The smallest absolute Gasteiger partial charge is 0.235 e. The third kappa shape index (κ3) is 4.22. The van der Waals surface area contributed by atoms with Crippen molar-refractivity contribution in [3.8, 4) is 5.88 Å². The summed E-state index contributed by atoms with van der Waals surface area (Å²) in [4.78, 5) is 17.6. The summed E-state index contributed by atoms with van der Waals surface area (Å²) in [7, 11) is 0. The quantitative estimate of drug-likeness (QED) is 0.645. The highest BCUT2D eigenvalue weighted by Gasteiger charge is 2.44. The third-order valence-corrected chi connectivity index (χ3v) is 5.62. The molecule has 1 heterocycles. The molecule has 0 saturated heterocycles. The minimum Gasteiger partial charge on any atom is -0.477 e. The second kappa shape index (κ2) is 8.49. The van der Waals surface area contributed by atoms with E-state index in [0.29, 0.717) is 28.2 Å². The first-order valence-corrected chi connectivity index (χ1v) is 10.1. The number of ether oxygens (including phenoxy) is 1. The first-order valence-electron chi connectivity index (χ1n) is 9.32. The predicted molar refractivity (Wildman–Crippen MR) is 110 cm³/mol. The van der Waals surface area contributed by atoms with E-state index in [4.69, 9.17) is 27.9 Å². The molecule has 6 heteroatoms. The van der Waals surface area contributed by atoms with Gasteiger partial charge in [0.05, 0.1) is 23.9 Å². The van der Waals surface area contributed by atoms with Crippen molar-refractivity contribution in [3.63, 3.8) is 0 Å². The Kier molecular flexibility index (Phi) is 6.28. The Bertz CT molecular complexity index is 833. The molecule has 2 aromatic rings. The van der Waals surface area contributed by atoms with Gasteiger partial charge in [-0.05, 0) is 49.9 Å². The molecule has 1 saturated carbocycles. The van der Waals surface area contributed by atoms with Crippen molar-refractivity contribution in [3.05, 3.63) is 51.6 Å². The molecule has 0 aliphatic heterocycles. The van der Waals surface area contributed by atoms with Crippen LogP contribution in [0, 0.1) is 6.92 Å². The van der Waals surface area contributed by atoms with Gasteiger partial charge in [-0.1, -0.05) is 49.0 Å². The number of aromatic nitrogens is 1. The van der Waals surface area contributed by atoms with Crippen LogP contribution in [0.25, 0.3) is 0 Å². The molecule has 0 atom stereocenters. The van der Waals surface area contributed by atoms with E-state index in [2.05, 4.69) is 10.3 Å². The zero-order valence-corrected chi connectivity index (χ0v) is 17.2. The summed E-state index contributed by atoms with van der Waals surface area (Å²) in [5, 5.41) is 4.15. The summed E-state index contributed by atoms with van der Waals surface area (Å²) in [5.41, 5.74) is 1.77. The monoisotopic (exact) mass is 406 g/mol. The number of nitrogens with zero attached hydrogens (tertiary/aromatic N) is 1. The van der Waals surface area contributed by atoms with Gasteiger partial charge in [-0.3, -0.25) is 4.79 Å². The van der Waals surface area contributed by atoms with E-state index in [-0.39, 0.29) is 5.91 Å². The number of hydrogen-bond donors (Lipinski definition) is 1. The molecular weight excluding hydrogens is 383 g/mol. The molecule has 0 bridgehead atoms. The van der Waals surface area contributed by atoms with Crippen LogP contribution >= 0.6 is 23.2 Å². The zero-order valence-electron chi connectivity index (χ0n) is 15.6. The first-order chi connectivity index (χ1) is 13.0. The summed E-state index contributed by atoms with van der Waals surface area (Å²) in [6.07, 6.45) is 6.08. The van der Waals surface area contributed by atoms with E-state index in [1.54, 1.807) is 18.3 Å². The summed E-state index contributed by atoms with van der Waals surface area (Å²) in [6.45, 7) is 4.60. The number of nitrogens with one attached hydrogen (secondary N) is 1. The van der Waals surface area contributed by atoms with Gasteiger partial charge in [0.25, 0.3) is 0 Å². The number of halogens is 2. The lowest BCUT2D eigenvalue weighted by molar-refractivity contribution is -0.121. The second-order valence-electron chi connectivity index (χ2n) is 7.06. The number of pyridine rings is 1. The fourth-order valence-electron chi connectivity index (χ4n) is 3.71. The van der Waals surface area contributed by atoms with Crippen molar-refractivity contribution in [2.75, 3.05) is 11.9 Å². The molecule has 1 aliphatic carbocycles. The van der Waals surface area contributed by atoms with Crippen LogP contribution in [0.2, 0.25) is 10.0 Å². The number of benzene rings is 1. The number of carbonyl (C=O) groups is 1. The molecule has 0 spiro atoms. The minimum atomic E-state index is -0.632. The van der Waals surface area contributed by atoms with Crippen LogP contribution < -0.4 is 10.1 Å². The fraction of sp³-hybridized carbons (Fsp3) is 0.429. The largest absolute Gasteiger partial charge is 0.477 e. The van der Waals surface area contributed by atoms with Crippen LogP contribution in [0.15, 0.2) is 30.5 Å². The molecule has 1 aromatic carbocycles. The maximum atomic E-state index is 13.3. The summed E-state index contributed by atoms with van der Waals surface area (Å²) in [6, 6.07) is 7.27. The van der Waals surface area contributed by atoms with Gasteiger partial charge >= 0.3 is 0 Å². The molecular formula is C21H24Cl2N2O2. The van der Waals surface area contributed by atoms with Gasteiger partial charge in [0.2, 0.25) is 11.8 Å². The lowest BCUT2D eigenvalue weighted by atomic mass is 9.78. The van der Waals surface area contributed by atoms with Gasteiger partial charge in [-0.15, -0.1) is 0 Å². The van der Waals surface area contributed by atoms with Gasteiger partial charge in [0.1, 0.15) is 0 Å². The molecule has 1 N–H and O–H groups in total. The maximum Gasteiger partial charge on any atom is 0.235 e. The molecule has 0 radical (unpaired) electrons.